The Morgan fingerprint density at radius 1 is 1.67 bits per heavy atom. The molecule has 0 aliphatic carbocycles. The number of alkyl halides is 3. The highest BCUT2D eigenvalue weighted by Crippen LogP contribution is 2.32. The van der Waals surface area contributed by atoms with Crippen LogP contribution in [0.1, 0.15) is 17.7 Å². The van der Waals surface area contributed by atoms with Gasteiger partial charge in [-0.25, -0.2) is 8.78 Å². The number of halogens is 4. The zero-order valence-corrected chi connectivity index (χ0v) is 10.8. The van der Waals surface area contributed by atoms with Crippen LogP contribution in [0.2, 0.25) is 0 Å². The molecule has 0 aromatic carbocycles. The minimum Gasteiger partial charge on any atom is -0.258 e. The summed E-state index contributed by atoms with van der Waals surface area (Å²) in [6.07, 6.45) is -1.71. The first kappa shape index (κ1) is 12.7. The zero-order valence-electron chi connectivity index (χ0n) is 7.08. The second kappa shape index (κ2) is 5.10. The highest BCUT2D eigenvalue weighted by molar-refractivity contribution is 14.1. The van der Waals surface area contributed by atoms with Gasteiger partial charge in [0.2, 0.25) is 0 Å². The second-order valence-electron chi connectivity index (χ2n) is 2.52. The number of hydrogen-bond donors (Lipinski definition) is 0. The van der Waals surface area contributed by atoms with Crippen molar-refractivity contribution < 1.29 is 13.7 Å². The Bertz CT molecular complexity index is 403. The highest BCUT2D eigenvalue weighted by atomic mass is 127. The maximum Gasteiger partial charge on any atom is 0.290 e. The van der Waals surface area contributed by atoms with Crippen LogP contribution in [-0.4, -0.2) is 9.91 Å². The lowest BCUT2D eigenvalue weighted by molar-refractivity contribution is -0.386. The lowest BCUT2D eigenvalue weighted by atomic mass is 10.2. The molecule has 15 heavy (non-hydrogen) atoms. The van der Waals surface area contributed by atoms with Crippen LogP contribution in [-0.2, 0) is 5.33 Å². The molecular weight excluding hydrogens is 389 g/mol. The number of rotatable bonds is 3. The van der Waals surface area contributed by atoms with Crippen molar-refractivity contribution in [3.05, 3.63) is 31.1 Å². The van der Waals surface area contributed by atoms with Gasteiger partial charge < -0.3 is 0 Å². The van der Waals surface area contributed by atoms with Crippen LogP contribution >= 0.6 is 38.5 Å². The number of nitro groups is 1. The van der Waals surface area contributed by atoms with Gasteiger partial charge >= 0.3 is 0 Å². The molecule has 0 saturated heterocycles. The summed E-state index contributed by atoms with van der Waals surface area (Å²) in [5.41, 5.74) is -0.571. The predicted octanol–water partition coefficient (Wildman–Crippen LogP) is 3.43. The number of aromatic nitrogens is 1. The van der Waals surface area contributed by atoms with Crippen molar-refractivity contribution >= 4 is 44.2 Å². The molecule has 0 fully saturated rings. The van der Waals surface area contributed by atoms with Crippen LogP contribution in [0, 0.1) is 13.7 Å². The van der Waals surface area contributed by atoms with E-state index in [0.29, 0.717) is 0 Å². The highest BCUT2D eigenvalue weighted by Gasteiger charge is 2.25. The first-order valence-corrected chi connectivity index (χ1v) is 5.84. The van der Waals surface area contributed by atoms with Gasteiger partial charge in [0.1, 0.15) is 9.26 Å². The van der Waals surface area contributed by atoms with Crippen molar-refractivity contribution in [2.24, 2.45) is 0 Å². The molecule has 0 spiro atoms. The third-order valence-electron chi connectivity index (χ3n) is 1.63. The number of pyridine rings is 1. The largest absolute Gasteiger partial charge is 0.290 e. The maximum absolute atomic E-state index is 12.4. The molecule has 1 aromatic heterocycles. The van der Waals surface area contributed by atoms with Crippen LogP contribution in [0.15, 0.2) is 6.20 Å². The SMILES string of the molecule is O=[N+]([O-])c1c(CBr)cnc(C(F)F)c1I. The maximum atomic E-state index is 12.4. The van der Waals surface area contributed by atoms with E-state index in [9.17, 15) is 18.9 Å². The summed E-state index contributed by atoms with van der Waals surface area (Å²) in [7, 11) is 0. The van der Waals surface area contributed by atoms with E-state index in [1.165, 1.54) is 22.6 Å². The molecule has 1 rings (SSSR count). The van der Waals surface area contributed by atoms with Gasteiger partial charge in [0, 0.05) is 11.5 Å². The fourth-order valence-electron chi connectivity index (χ4n) is 0.975. The van der Waals surface area contributed by atoms with E-state index in [0.717, 1.165) is 6.20 Å². The minimum absolute atomic E-state index is 0.107. The average Bonchev–Trinajstić information content (AvgIpc) is 2.15. The van der Waals surface area contributed by atoms with Gasteiger partial charge in [-0.2, -0.15) is 0 Å². The molecule has 8 heteroatoms. The molecule has 0 saturated carbocycles. The second-order valence-corrected chi connectivity index (χ2v) is 4.16. The summed E-state index contributed by atoms with van der Waals surface area (Å²) in [4.78, 5) is 13.5. The molecule has 0 N–H and O–H groups in total. The van der Waals surface area contributed by atoms with Crippen molar-refractivity contribution in [2.75, 3.05) is 0 Å². The van der Waals surface area contributed by atoms with Gasteiger partial charge in [0.25, 0.3) is 12.1 Å². The first-order chi connectivity index (χ1) is 6.99. The summed E-state index contributed by atoms with van der Waals surface area (Å²) >= 11 is 4.55. The molecule has 1 heterocycles. The van der Waals surface area contributed by atoms with E-state index >= 15 is 0 Å². The number of nitrogens with zero attached hydrogens (tertiary/aromatic N) is 2. The van der Waals surface area contributed by atoms with Crippen molar-refractivity contribution in [1.29, 1.82) is 0 Å². The number of hydrogen-bond acceptors (Lipinski definition) is 3. The van der Waals surface area contributed by atoms with E-state index in [1.54, 1.807) is 0 Å². The lowest BCUT2D eigenvalue weighted by Crippen LogP contribution is -2.03. The molecular formula is C7H4BrF2IN2O2. The Morgan fingerprint density at radius 3 is 2.67 bits per heavy atom. The minimum atomic E-state index is -2.81. The molecule has 82 valence electrons. The van der Waals surface area contributed by atoms with Crippen molar-refractivity contribution in [3.63, 3.8) is 0 Å². The summed E-state index contributed by atoms with van der Waals surface area (Å²) in [6, 6.07) is 0. The van der Waals surface area contributed by atoms with Crippen LogP contribution in [0.5, 0.6) is 0 Å². The monoisotopic (exact) mass is 392 g/mol. The van der Waals surface area contributed by atoms with Gasteiger partial charge in [-0.05, 0) is 22.6 Å². The average molecular weight is 393 g/mol. The summed E-state index contributed by atoms with van der Waals surface area (Å²) in [6.45, 7) is 0. The lowest BCUT2D eigenvalue weighted by Gasteiger charge is -2.05. The molecule has 0 amide bonds. The molecule has 1 aromatic rings. The van der Waals surface area contributed by atoms with E-state index in [1.807, 2.05) is 0 Å². The van der Waals surface area contributed by atoms with E-state index in [4.69, 9.17) is 0 Å². The fourth-order valence-corrected chi connectivity index (χ4v) is 2.30. The van der Waals surface area contributed by atoms with Crippen LogP contribution in [0.25, 0.3) is 0 Å². The van der Waals surface area contributed by atoms with Crippen LogP contribution in [0.4, 0.5) is 14.5 Å². The fraction of sp³-hybridized carbons (Fsp3) is 0.286. The van der Waals surface area contributed by atoms with Crippen molar-refractivity contribution in [3.8, 4) is 0 Å². The molecule has 0 unspecified atom stereocenters. The smallest absolute Gasteiger partial charge is 0.258 e. The molecule has 0 radical (unpaired) electrons. The van der Waals surface area contributed by atoms with Gasteiger partial charge in [-0.3, -0.25) is 15.1 Å². The standard InChI is InChI=1S/C7H4BrF2IN2O2/c8-1-3-2-12-5(7(9)10)4(11)6(3)13(14)15/h2,7H,1H2. The predicted molar refractivity (Wildman–Crippen MR) is 61.2 cm³/mol. The zero-order chi connectivity index (χ0) is 11.6. The van der Waals surface area contributed by atoms with Gasteiger partial charge in [0.05, 0.1) is 10.5 Å². The topological polar surface area (TPSA) is 56.0 Å². The summed E-state index contributed by atoms with van der Waals surface area (Å²) in [5, 5.41) is 10.9. The third-order valence-corrected chi connectivity index (χ3v) is 3.30. The van der Waals surface area contributed by atoms with E-state index in [-0.39, 0.29) is 20.2 Å². The Kier molecular flexibility index (Phi) is 4.32. The van der Waals surface area contributed by atoms with Gasteiger partial charge in [-0.15, -0.1) is 0 Å². The third kappa shape index (κ3) is 2.60. The molecule has 0 aliphatic rings. The Labute approximate surface area is 105 Å². The van der Waals surface area contributed by atoms with Gasteiger partial charge in [0.15, 0.2) is 0 Å². The summed E-state index contributed by atoms with van der Waals surface area (Å²) in [5.74, 6) is 0. The normalized spacial score (nSPS) is 10.7. The molecule has 0 aliphatic heterocycles. The van der Waals surface area contributed by atoms with Crippen molar-refractivity contribution in [2.45, 2.75) is 11.8 Å². The van der Waals surface area contributed by atoms with Crippen LogP contribution < -0.4 is 0 Å². The van der Waals surface area contributed by atoms with Crippen LogP contribution in [0.3, 0.4) is 0 Å². The van der Waals surface area contributed by atoms with Gasteiger partial charge in [-0.1, -0.05) is 15.9 Å². The molecule has 0 atom stereocenters. The van der Waals surface area contributed by atoms with E-state index < -0.39 is 17.0 Å². The Morgan fingerprint density at radius 2 is 2.27 bits per heavy atom. The Hall–Kier alpha value is -0.380. The Balaban J connectivity index is 3.42. The van der Waals surface area contributed by atoms with E-state index in [2.05, 4.69) is 20.9 Å². The first-order valence-electron chi connectivity index (χ1n) is 3.64. The quantitative estimate of drug-likeness (QED) is 0.343. The molecule has 0 bridgehead atoms. The van der Waals surface area contributed by atoms with Crippen molar-refractivity contribution in [1.82, 2.24) is 4.98 Å². The summed E-state index contributed by atoms with van der Waals surface area (Å²) < 4.78 is 24.7. The molecule has 4 nitrogen and oxygen atoms in total.